The zero-order valence-corrected chi connectivity index (χ0v) is 23.4. The Balaban J connectivity index is 1.38. The SMILES string of the molecule is C=C1CN2CCC[C@]2(COc2nc3c(c(N4CCC[C@@](C)(O)C4)n2)CO[C@@H](c2c(F)c(N)cc(F)c2C(F)(F)F)C3)C1. The predicted molar refractivity (Wildman–Crippen MR) is 144 cm³/mol. The minimum absolute atomic E-state index is 0.0311. The van der Waals surface area contributed by atoms with E-state index in [0.717, 1.165) is 37.9 Å². The molecule has 1 aromatic carbocycles. The number of fused-ring (bicyclic) bond motifs is 2. The lowest BCUT2D eigenvalue weighted by Crippen LogP contribution is -2.47. The highest BCUT2D eigenvalue weighted by molar-refractivity contribution is 5.54. The molecular formula is C29H34F5N5O3. The molecular weight excluding hydrogens is 561 g/mol. The van der Waals surface area contributed by atoms with Gasteiger partial charge in [-0.1, -0.05) is 12.2 Å². The van der Waals surface area contributed by atoms with Crippen molar-refractivity contribution in [1.82, 2.24) is 14.9 Å². The normalized spacial score (nSPS) is 28.2. The summed E-state index contributed by atoms with van der Waals surface area (Å²) in [6, 6.07) is 0.361. The van der Waals surface area contributed by atoms with Gasteiger partial charge in [-0.05, 0) is 45.6 Å². The molecule has 42 heavy (non-hydrogen) atoms. The number of aliphatic hydroxyl groups is 1. The molecule has 13 heteroatoms. The molecule has 3 fully saturated rings. The standard InChI is InChI=1S/C29H34F5N5O3/c1-16-11-28(6-4-8-39(28)12-16)15-42-26-36-20-10-21(22-23(29(32,33)34)18(30)9-19(35)24(22)31)41-13-17(20)25(37-26)38-7-3-5-27(2,40)14-38/h9,21,40H,1,3-8,10-15,35H2,2H3/t21-,27-,28-/m1/s1. The van der Waals surface area contributed by atoms with E-state index in [1.54, 1.807) is 6.92 Å². The average molecular weight is 596 g/mol. The lowest BCUT2D eigenvalue weighted by molar-refractivity contribution is -0.142. The molecule has 0 amide bonds. The van der Waals surface area contributed by atoms with Crippen LogP contribution in [0.2, 0.25) is 0 Å². The van der Waals surface area contributed by atoms with Crippen molar-refractivity contribution >= 4 is 11.5 Å². The van der Waals surface area contributed by atoms with E-state index in [2.05, 4.69) is 16.5 Å². The molecule has 228 valence electrons. The third-order valence-electron chi connectivity index (χ3n) is 8.92. The van der Waals surface area contributed by atoms with Crippen molar-refractivity contribution in [3.8, 4) is 6.01 Å². The van der Waals surface area contributed by atoms with Crippen LogP contribution >= 0.6 is 0 Å². The van der Waals surface area contributed by atoms with Gasteiger partial charge in [-0.2, -0.15) is 23.1 Å². The van der Waals surface area contributed by atoms with E-state index in [1.807, 2.05) is 4.90 Å². The van der Waals surface area contributed by atoms with Gasteiger partial charge in [0.25, 0.3) is 0 Å². The van der Waals surface area contributed by atoms with Crippen LogP contribution in [0.25, 0.3) is 0 Å². The molecule has 4 aliphatic heterocycles. The highest BCUT2D eigenvalue weighted by atomic mass is 19.4. The molecule has 3 atom stereocenters. The largest absolute Gasteiger partial charge is 0.461 e. The fourth-order valence-corrected chi connectivity index (χ4v) is 7.04. The van der Waals surface area contributed by atoms with E-state index in [1.165, 1.54) is 0 Å². The zero-order valence-electron chi connectivity index (χ0n) is 23.4. The van der Waals surface area contributed by atoms with Gasteiger partial charge in [0.05, 0.1) is 35.2 Å². The summed E-state index contributed by atoms with van der Waals surface area (Å²) in [5.41, 5.74) is 2.79. The van der Waals surface area contributed by atoms with Crippen LogP contribution in [0, 0.1) is 11.6 Å². The van der Waals surface area contributed by atoms with Crippen LogP contribution < -0.4 is 15.4 Å². The molecule has 2 aromatic rings. The van der Waals surface area contributed by atoms with Crippen LogP contribution in [0.1, 0.15) is 67.5 Å². The molecule has 0 saturated carbocycles. The van der Waals surface area contributed by atoms with E-state index in [0.29, 0.717) is 49.1 Å². The van der Waals surface area contributed by atoms with Gasteiger partial charge in [0.2, 0.25) is 0 Å². The molecule has 3 saturated heterocycles. The average Bonchev–Trinajstić information content (AvgIpc) is 3.43. The van der Waals surface area contributed by atoms with Gasteiger partial charge >= 0.3 is 12.2 Å². The van der Waals surface area contributed by atoms with E-state index >= 15 is 4.39 Å². The third kappa shape index (κ3) is 5.19. The number of hydrogen-bond acceptors (Lipinski definition) is 8. The second-order valence-electron chi connectivity index (χ2n) is 12.3. The van der Waals surface area contributed by atoms with Crippen molar-refractivity contribution in [3.05, 3.63) is 52.2 Å². The van der Waals surface area contributed by atoms with Crippen molar-refractivity contribution in [1.29, 1.82) is 0 Å². The Bertz CT molecular complexity index is 1420. The first-order valence-electron chi connectivity index (χ1n) is 14.1. The smallest absolute Gasteiger partial charge is 0.419 e. The Kier molecular flexibility index (Phi) is 7.13. The number of nitrogens with two attached hydrogens (primary N) is 1. The minimum atomic E-state index is -5.18. The Hall–Kier alpha value is -3.03. The van der Waals surface area contributed by atoms with Crippen LogP contribution in [-0.2, 0) is 23.9 Å². The number of benzene rings is 1. The van der Waals surface area contributed by atoms with Gasteiger partial charge in [-0.15, -0.1) is 0 Å². The number of ether oxygens (including phenoxy) is 2. The first kappa shape index (κ1) is 29.1. The van der Waals surface area contributed by atoms with Gasteiger partial charge < -0.3 is 25.2 Å². The monoisotopic (exact) mass is 595 g/mol. The van der Waals surface area contributed by atoms with E-state index in [9.17, 15) is 22.7 Å². The Morgan fingerprint density at radius 2 is 1.98 bits per heavy atom. The number of nitrogens with zero attached hydrogens (tertiary/aromatic N) is 4. The summed E-state index contributed by atoms with van der Waals surface area (Å²) in [5, 5.41) is 10.8. The van der Waals surface area contributed by atoms with Gasteiger partial charge in [-0.3, -0.25) is 4.90 Å². The molecule has 0 radical (unpaired) electrons. The zero-order chi connectivity index (χ0) is 30.0. The number of hydrogen-bond donors (Lipinski definition) is 2. The number of aromatic nitrogens is 2. The summed E-state index contributed by atoms with van der Waals surface area (Å²) in [4.78, 5) is 13.5. The minimum Gasteiger partial charge on any atom is -0.461 e. The Morgan fingerprint density at radius 3 is 2.71 bits per heavy atom. The number of rotatable bonds is 5. The predicted octanol–water partition coefficient (Wildman–Crippen LogP) is 4.69. The highest BCUT2D eigenvalue weighted by Crippen LogP contribution is 2.45. The topological polar surface area (TPSA) is 97.0 Å². The summed E-state index contributed by atoms with van der Waals surface area (Å²) < 4.78 is 83.4. The number of nitrogen functional groups attached to an aromatic ring is 1. The van der Waals surface area contributed by atoms with Crippen LogP contribution in [0.5, 0.6) is 6.01 Å². The number of piperidine rings is 1. The van der Waals surface area contributed by atoms with Gasteiger partial charge in [0.1, 0.15) is 23.8 Å². The lowest BCUT2D eigenvalue weighted by atomic mass is 9.92. The van der Waals surface area contributed by atoms with E-state index in [-0.39, 0.29) is 31.1 Å². The number of alkyl halides is 3. The fourth-order valence-electron chi connectivity index (χ4n) is 7.04. The second kappa shape index (κ2) is 10.3. The summed E-state index contributed by atoms with van der Waals surface area (Å²) in [5.74, 6) is -2.61. The maximum Gasteiger partial charge on any atom is 0.419 e. The Labute approximate surface area is 240 Å². The maximum absolute atomic E-state index is 15.1. The summed E-state index contributed by atoms with van der Waals surface area (Å²) >= 11 is 0. The van der Waals surface area contributed by atoms with Crippen molar-refractivity contribution in [3.63, 3.8) is 0 Å². The highest BCUT2D eigenvalue weighted by Gasteiger charge is 2.47. The second-order valence-corrected chi connectivity index (χ2v) is 12.3. The number of halogens is 5. The molecule has 5 heterocycles. The van der Waals surface area contributed by atoms with E-state index < -0.39 is 46.3 Å². The summed E-state index contributed by atoms with van der Waals surface area (Å²) in [7, 11) is 0. The van der Waals surface area contributed by atoms with Crippen LogP contribution in [-0.4, -0.2) is 63.9 Å². The fraction of sp³-hybridized carbons (Fsp3) is 0.586. The molecule has 3 N–H and O–H groups in total. The quantitative estimate of drug-likeness (QED) is 0.292. The van der Waals surface area contributed by atoms with Crippen LogP contribution in [0.3, 0.4) is 0 Å². The van der Waals surface area contributed by atoms with Crippen molar-refractivity contribution in [2.45, 2.75) is 75.5 Å². The first-order valence-corrected chi connectivity index (χ1v) is 14.1. The lowest BCUT2D eigenvalue weighted by Gasteiger charge is -2.39. The van der Waals surface area contributed by atoms with Gasteiger partial charge in [-0.25, -0.2) is 8.78 Å². The van der Waals surface area contributed by atoms with Crippen LogP contribution in [0.15, 0.2) is 18.2 Å². The van der Waals surface area contributed by atoms with Crippen LogP contribution in [0.4, 0.5) is 33.5 Å². The third-order valence-corrected chi connectivity index (χ3v) is 8.92. The maximum atomic E-state index is 15.1. The van der Waals surface area contributed by atoms with E-state index in [4.69, 9.17) is 20.2 Å². The first-order chi connectivity index (χ1) is 19.8. The molecule has 4 aliphatic rings. The molecule has 0 unspecified atom stereocenters. The van der Waals surface area contributed by atoms with Gasteiger partial charge in [0.15, 0.2) is 5.82 Å². The number of β-amino-alcohol motifs (C(OH)–C–C–N with tert-alkyl or cyclic N) is 1. The number of anilines is 2. The summed E-state index contributed by atoms with van der Waals surface area (Å²) in [6.45, 7) is 8.50. The van der Waals surface area contributed by atoms with Crippen molar-refractivity contribution in [2.24, 2.45) is 0 Å². The van der Waals surface area contributed by atoms with Crippen molar-refractivity contribution in [2.75, 3.05) is 43.4 Å². The summed E-state index contributed by atoms with van der Waals surface area (Å²) in [6.07, 6.45) is -2.95. The molecule has 8 nitrogen and oxygen atoms in total. The molecule has 0 spiro atoms. The van der Waals surface area contributed by atoms with Gasteiger partial charge in [0, 0.05) is 43.2 Å². The Morgan fingerprint density at radius 1 is 1.21 bits per heavy atom. The molecule has 0 bridgehead atoms. The molecule has 1 aromatic heterocycles. The molecule has 6 rings (SSSR count). The molecule has 0 aliphatic carbocycles. The van der Waals surface area contributed by atoms with Crippen molar-refractivity contribution < 1.29 is 36.5 Å².